The number of rotatable bonds is 3. The molecule has 2 aliphatic heterocycles. The quantitative estimate of drug-likeness (QED) is 0.397. The number of Topliss-reactive ketones (excluding diaryl/α,β-unsaturated/α-hetero) is 1. The Morgan fingerprint density at radius 2 is 1.91 bits per heavy atom. The van der Waals surface area contributed by atoms with Crippen molar-refractivity contribution < 1.29 is 44.2 Å². The van der Waals surface area contributed by atoms with E-state index in [-0.39, 0.29) is 29.1 Å². The number of ketones is 1. The number of aliphatic hydroxyl groups is 3. The van der Waals surface area contributed by atoms with Gasteiger partial charge < -0.3 is 34.6 Å². The first-order chi connectivity index (χ1) is 15.3. The highest BCUT2D eigenvalue weighted by atomic mass is 16.7. The number of aliphatic hydroxyl groups excluding tert-OH is 3. The predicted molar refractivity (Wildman–Crippen MR) is 112 cm³/mol. The number of carbonyl (C=O) groups excluding carboxylic acids is 2. The van der Waals surface area contributed by atoms with E-state index in [0.717, 1.165) is 18.9 Å². The summed E-state index contributed by atoms with van der Waals surface area (Å²) in [4.78, 5) is 25.3. The van der Waals surface area contributed by atoms with Gasteiger partial charge in [-0.05, 0) is 37.8 Å². The fourth-order valence-corrected chi connectivity index (χ4v) is 3.78. The van der Waals surface area contributed by atoms with Crippen LogP contribution in [0.5, 0.6) is 11.5 Å². The summed E-state index contributed by atoms with van der Waals surface area (Å²) in [6.07, 6.45) is 1.62. The summed E-state index contributed by atoms with van der Waals surface area (Å²) in [5, 5.41) is 39.8. The second kappa shape index (κ2) is 10.9. The number of allylic oxidation sites excluding steroid dienone is 1. The lowest BCUT2D eigenvalue weighted by Gasteiger charge is -2.20. The summed E-state index contributed by atoms with van der Waals surface area (Å²) in [6.45, 7) is 1.23. The molecule has 2 aliphatic rings. The predicted octanol–water partition coefficient (Wildman–Crippen LogP) is 1.39. The first-order valence-electron chi connectivity index (χ1n) is 10.8. The van der Waals surface area contributed by atoms with Crippen LogP contribution in [0, 0.1) is 0 Å². The van der Waals surface area contributed by atoms with E-state index in [0.29, 0.717) is 19.3 Å². The third kappa shape index (κ3) is 5.86. The second-order valence-electron chi connectivity index (χ2n) is 8.19. The first-order valence-corrected chi connectivity index (χ1v) is 10.8. The minimum Gasteiger partial charge on any atom is -0.507 e. The summed E-state index contributed by atoms with van der Waals surface area (Å²) in [6, 6.07) is 2.58. The van der Waals surface area contributed by atoms with E-state index in [1.165, 1.54) is 6.07 Å². The number of esters is 1. The van der Waals surface area contributed by atoms with E-state index in [9.17, 15) is 30.0 Å². The van der Waals surface area contributed by atoms with E-state index in [2.05, 4.69) is 0 Å². The number of phenolic OH excluding ortho intramolecular Hbond substituents is 1. The van der Waals surface area contributed by atoms with Crippen LogP contribution in [0.1, 0.15) is 54.9 Å². The molecule has 5 atom stereocenters. The van der Waals surface area contributed by atoms with Crippen LogP contribution in [-0.2, 0) is 20.7 Å². The number of phenols is 1. The lowest BCUT2D eigenvalue weighted by Crippen LogP contribution is -2.35. The second-order valence-corrected chi connectivity index (χ2v) is 8.19. The van der Waals surface area contributed by atoms with Gasteiger partial charge in [-0.3, -0.25) is 4.79 Å². The number of hydrogen-bond acceptors (Lipinski definition) is 9. The lowest BCUT2D eigenvalue weighted by molar-refractivity contribution is -0.118. The Hall–Kier alpha value is -2.46. The van der Waals surface area contributed by atoms with Gasteiger partial charge in [-0.1, -0.05) is 12.2 Å². The molecule has 0 spiro atoms. The highest BCUT2D eigenvalue weighted by Gasteiger charge is 2.44. The molecular weight excluding hydrogens is 420 g/mol. The molecule has 1 fully saturated rings. The van der Waals surface area contributed by atoms with Gasteiger partial charge in [-0.25, -0.2) is 4.79 Å². The average molecular weight is 450 g/mol. The molecule has 1 aromatic rings. The van der Waals surface area contributed by atoms with Crippen LogP contribution in [0.15, 0.2) is 24.3 Å². The first kappa shape index (κ1) is 24.2. The van der Waals surface area contributed by atoms with Gasteiger partial charge in [0, 0.05) is 25.3 Å². The molecule has 0 aliphatic carbocycles. The van der Waals surface area contributed by atoms with Gasteiger partial charge in [-0.2, -0.15) is 0 Å². The number of carbonyl (C=O) groups is 2. The van der Waals surface area contributed by atoms with Gasteiger partial charge >= 0.3 is 5.97 Å². The normalized spacial score (nSPS) is 29.8. The van der Waals surface area contributed by atoms with Gasteiger partial charge in [0.1, 0.15) is 47.3 Å². The number of aromatic hydroxyl groups is 1. The molecule has 1 saturated heterocycles. The van der Waals surface area contributed by atoms with Crippen molar-refractivity contribution in [2.24, 2.45) is 0 Å². The zero-order valence-electron chi connectivity index (χ0n) is 18.0. The Morgan fingerprint density at radius 3 is 2.62 bits per heavy atom. The van der Waals surface area contributed by atoms with E-state index in [4.69, 9.17) is 14.2 Å². The van der Waals surface area contributed by atoms with Crippen molar-refractivity contribution >= 4 is 11.8 Å². The molecule has 0 radical (unpaired) electrons. The summed E-state index contributed by atoms with van der Waals surface area (Å²) in [5.74, 6) is -1.24. The molecule has 0 bridgehead atoms. The summed E-state index contributed by atoms with van der Waals surface area (Å²) in [5.41, 5.74) is 0.126. The molecule has 1 aromatic carbocycles. The Bertz CT molecular complexity index is 850. The molecule has 0 amide bonds. The molecule has 4 N–H and O–H groups in total. The van der Waals surface area contributed by atoms with E-state index >= 15 is 0 Å². The molecule has 32 heavy (non-hydrogen) atoms. The van der Waals surface area contributed by atoms with Crippen molar-refractivity contribution in [1.29, 1.82) is 0 Å². The molecule has 3 rings (SSSR count). The van der Waals surface area contributed by atoms with Crippen molar-refractivity contribution in [2.75, 3.05) is 6.61 Å². The van der Waals surface area contributed by atoms with Crippen molar-refractivity contribution in [2.45, 2.75) is 76.2 Å². The average Bonchev–Trinajstić information content (AvgIpc) is 3.00. The molecule has 0 aromatic heterocycles. The van der Waals surface area contributed by atoms with E-state index in [1.807, 2.05) is 12.2 Å². The number of hydrogen-bond donors (Lipinski definition) is 4. The largest absolute Gasteiger partial charge is 0.507 e. The number of fused-ring (bicyclic) bond motifs is 1. The zero-order valence-corrected chi connectivity index (χ0v) is 18.0. The van der Waals surface area contributed by atoms with E-state index < -0.39 is 49.0 Å². The van der Waals surface area contributed by atoms with Gasteiger partial charge in [0.15, 0.2) is 0 Å². The maximum absolute atomic E-state index is 12.8. The molecule has 9 heteroatoms. The van der Waals surface area contributed by atoms with Gasteiger partial charge in [0.25, 0.3) is 0 Å². The molecule has 2 heterocycles. The van der Waals surface area contributed by atoms with Crippen LogP contribution in [0.4, 0.5) is 0 Å². The van der Waals surface area contributed by atoms with Crippen molar-refractivity contribution in [1.82, 2.24) is 0 Å². The van der Waals surface area contributed by atoms with Crippen LogP contribution in [0.25, 0.3) is 0 Å². The van der Waals surface area contributed by atoms with Crippen molar-refractivity contribution in [3.8, 4) is 11.5 Å². The third-order valence-electron chi connectivity index (χ3n) is 5.53. The molecular formula is C23H30O9. The molecule has 0 saturated carbocycles. The highest BCUT2D eigenvalue weighted by molar-refractivity contribution is 5.96. The summed E-state index contributed by atoms with van der Waals surface area (Å²) >= 11 is 0. The fraction of sp³-hybridized carbons (Fsp3) is 0.565. The lowest BCUT2D eigenvalue weighted by atomic mass is 9.98. The third-order valence-corrected chi connectivity index (χ3v) is 5.53. The topological polar surface area (TPSA) is 143 Å². The summed E-state index contributed by atoms with van der Waals surface area (Å²) < 4.78 is 16.3. The number of benzene rings is 1. The Morgan fingerprint density at radius 1 is 1.12 bits per heavy atom. The minimum atomic E-state index is -1.43. The molecule has 0 unspecified atom stereocenters. The molecule has 176 valence electrons. The number of cyclic esters (lactones) is 1. The van der Waals surface area contributed by atoms with Crippen LogP contribution in [0.3, 0.4) is 0 Å². The summed E-state index contributed by atoms with van der Waals surface area (Å²) in [7, 11) is 0. The monoisotopic (exact) mass is 450 g/mol. The molecule has 9 nitrogen and oxygen atoms in total. The van der Waals surface area contributed by atoms with Crippen molar-refractivity contribution in [3.05, 3.63) is 35.4 Å². The van der Waals surface area contributed by atoms with Gasteiger partial charge in [0.2, 0.25) is 6.29 Å². The Kier molecular flexibility index (Phi) is 8.25. The smallest absolute Gasteiger partial charge is 0.342 e. The van der Waals surface area contributed by atoms with E-state index in [1.54, 1.807) is 6.92 Å². The highest BCUT2D eigenvalue weighted by Crippen LogP contribution is 2.33. The van der Waals surface area contributed by atoms with Gasteiger partial charge in [-0.15, -0.1) is 0 Å². The standard InChI is InChI=1S/C23H30O9/c1-13-7-5-3-2-4-6-8-15(25)9-14-10-16(11-17(26)19(14)22(29)30-13)31-23-21(28)20(27)18(12-24)32-23/h3,5,10-11,13,18,20-21,23-24,26-28H,2,4,6-9,12H2,1H3/t13-,18+,20-,21-,23+/m1/s1. The number of ether oxygens (including phenoxy) is 3. The van der Waals surface area contributed by atoms with Crippen LogP contribution in [0.2, 0.25) is 0 Å². The Labute approximate surface area is 186 Å². The van der Waals surface area contributed by atoms with Crippen molar-refractivity contribution in [3.63, 3.8) is 0 Å². The van der Waals surface area contributed by atoms with Crippen LogP contribution in [-0.4, -0.2) is 69.5 Å². The maximum atomic E-state index is 12.8. The zero-order chi connectivity index (χ0) is 23.3. The van der Waals surface area contributed by atoms with Gasteiger partial charge in [0.05, 0.1) is 6.61 Å². The Balaban J connectivity index is 1.88. The SMILES string of the molecule is C[C@@H]1CC=CCCCCC(=O)Cc2cc(O[C@H]3O[C@@H](CO)[C@@H](O)[C@H]3O)cc(O)c2C(=O)O1. The van der Waals surface area contributed by atoms with Crippen LogP contribution >= 0.6 is 0 Å². The minimum absolute atomic E-state index is 0.0359. The fourth-order valence-electron chi connectivity index (χ4n) is 3.78. The maximum Gasteiger partial charge on any atom is 0.342 e. The van der Waals surface area contributed by atoms with Crippen LogP contribution < -0.4 is 4.74 Å².